The lowest BCUT2D eigenvalue weighted by atomic mass is 10.2. The number of para-hydroxylation sites is 1. The molecule has 0 aliphatic rings. The third kappa shape index (κ3) is 7.29. The summed E-state index contributed by atoms with van der Waals surface area (Å²) in [6, 6.07) is 8.04. The van der Waals surface area contributed by atoms with Crippen LogP contribution < -0.4 is 10.1 Å². The van der Waals surface area contributed by atoms with Crippen molar-refractivity contribution in [2.24, 2.45) is 4.99 Å². The van der Waals surface area contributed by atoms with E-state index in [2.05, 4.69) is 47.2 Å². The van der Waals surface area contributed by atoms with Crippen LogP contribution >= 0.6 is 24.0 Å². The second kappa shape index (κ2) is 12.6. The molecule has 156 valence electrons. The lowest BCUT2D eigenvalue weighted by Gasteiger charge is -2.23. The standard InChI is InChI=1S/C20H31N5O2.HI/c1-6-21-20(25(4)14-16-10-7-8-11-17(16)26-5)22-13-9-12-18-23-19(15(2)3)24-27-18;/h7-8,10-11,15H,6,9,12-14H2,1-5H3,(H,21,22);1H. The molecule has 0 aliphatic heterocycles. The summed E-state index contributed by atoms with van der Waals surface area (Å²) in [5.74, 6) is 3.48. The summed E-state index contributed by atoms with van der Waals surface area (Å²) in [7, 11) is 3.72. The third-order valence-corrected chi connectivity index (χ3v) is 4.11. The van der Waals surface area contributed by atoms with Gasteiger partial charge in [0.1, 0.15) is 5.75 Å². The number of rotatable bonds is 9. The molecule has 28 heavy (non-hydrogen) atoms. The Morgan fingerprint density at radius 3 is 2.71 bits per heavy atom. The number of nitrogens with one attached hydrogen (secondary N) is 1. The molecule has 1 aromatic carbocycles. The van der Waals surface area contributed by atoms with Crippen LogP contribution in [-0.4, -0.2) is 48.2 Å². The molecule has 1 heterocycles. The molecule has 0 fully saturated rings. The van der Waals surface area contributed by atoms with Crippen LogP contribution in [0.4, 0.5) is 0 Å². The summed E-state index contributed by atoms with van der Waals surface area (Å²) >= 11 is 0. The molecule has 0 saturated heterocycles. The second-order valence-electron chi connectivity index (χ2n) is 6.71. The molecule has 0 atom stereocenters. The number of benzene rings is 1. The minimum atomic E-state index is 0. The molecule has 0 spiro atoms. The Kier molecular flexibility index (Phi) is 10.9. The van der Waals surface area contributed by atoms with Crippen molar-refractivity contribution in [3.63, 3.8) is 0 Å². The van der Waals surface area contributed by atoms with Gasteiger partial charge in [0.15, 0.2) is 11.8 Å². The maximum absolute atomic E-state index is 5.44. The highest BCUT2D eigenvalue weighted by molar-refractivity contribution is 14.0. The summed E-state index contributed by atoms with van der Waals surface area (Å²) in [5, 5.41) is 7.34. The normalized spacial score (nSPS) is 11.3. The van der Waals surface area contributed by atoms with Crippen LogP contribution in [-0.2, 0) is 13.0 Å². The molecule has 1 aromatic heterocycles. The Bertz CT molecular complexity index is 733. The van der Waals surface area contributed by atoms with Gasteiger partial charge in [0.25, 0.3) is 0 Å². The van der Waals surface area contributed by atoms with Crippen LogP contribution in [0.5, 0.6) is 5.75 Å². The van der Waals surface area contributed by atoms with E-state index in [-0.39, 0.29) is 29.9 Å². The number of guanidine groups is 1. The number of aliphatic imine (C=N–C) groups is 1. The Morgan fingerprint density at radius 2 is 2.07 bits per heavy atom. The van der Waals surface area contributed by atoms with Crippen molar-refractivity contribution in [3.8, 4) is 5.75 Å². The highest BCUT2D eigenvalue weighted by Gasteiger charge is 2.11. The van der Waals surface area contributed by atoms with Crippen LogP contribution in [0.1, 0.15) is 50.4 Å². The van der Waals surface area contributed by atoms with Crippen LogP contribution in [0.15, 0.2) is 33.8 Å². The van der Waals surface area contributed by atoms with Crippen molar-refractivity contribution in [2.45, 2.75) is 46.1 Å². The first kappa shape index (κ1) is 24.2. The van der Waals surface area contributed by atoms with Crippen molar-refractivity contribution in [3.05, 3.63) is 41.5 Å². The lowest BCUT2D eigenvalue weighted by molar-refractivity contribution is 0.369. The maximum atomic E-state index is 5.44. The fourth-order valence-electron chi connectivity index (χ4n) is 2.65. The number of halogens is 1. The van der Waals surface area contributed by atoms with Crippen molar-refractivity contribution in [1.82, 2.24) is 20.4 Å². The fraction of sp³-hybridized carbons (Fsp3) is 0.550. The van der Waals surface area contributed by atoms with Gasteiger partial charge in [0.2, 0.25) is 5.89 Å². The number of ether oxygens (including phenoxy) is 1. The van der Waals surface area contributed by atoms with E-state index >= 15 is 0 Å². The van der Waals surface area contributed by atoms with Crippen LogP contribution in [0, 0.1) is 0 Å². The number of hydrogen-bond donors (Lipinski definition) is 1. The van der Waals surface area contributed by atoms with Gasteiger partial charge in [0.05, 0.1) is 7.11 Å². The zero-order chi connectivity index (χ0) is 19.6. The Balaban J connectivity index is 0.00000392. The average molecular weight is 501 g/mol. The monoisotopic (exact) mass is 501 g/mol. The van der Waals surface area contributed by atoms with Crippen molar-refractivity contribution in [2.75, 3.05) is 27.2 Å². The molecule has 2 aromatic rings. The van der Waals surface area contributed by atoms with E-state index in [0.717, 1.165) is 49.0 Å². The summed E-state index contributed by atoms with van der Waals surface area (Å²) in [6.07, 6.45) is 1.59. The predicted octanol–water partition coefficient (Wildman–Crippen LogP) is 3.85. The van der Waals surface area contributed by atoms with Crippen LogP contribution in [0.2, 0.25) is 0 Å². The van der Waals surface area contributed by atoms with Gasteiger partial charge >= 0.3 is 0 Å². The van der Waals surface area contributed by atoms with Crippen LogP contribution in [0.25, 0.3) is 0 Å². The second-order valence-corrected chi connectivity index (χ2v) is 6.71. The number of aryl methyl sites for hydroxylation is 1. The first-order valence-electron chi connectivity index (χ1n) is 9.49. The van der Waals surface area contributed by atoms with Gasteiger partial charge in [-0.15, -0.1) is 24.0 Å². The molecular weight excluding hydrogens is 469 g/mol. The smallest absolute Gasteiger partial charge is 0.226 e. The molecule has 1 N–H and O–H groups in total. The zero-order valence-corrected chi connectivity index (χ0v) is 19.8. The number of nitrogens with zero attached hydrogens (tertiary/aromatic N) is 4. The molecule has 7 nitrogen and oxygen atoms in total. The van der Waals surface area contributed by atoms with Crippen LogP contribution in [0.3, 0.4) is 0 Å². The van der Waals surface area contributed by atoms with E-state index in [0.29, 0.717) is 12.4 Å². The highest BCUT2D eigenvalue weighted by Crippen LogP contribution is 2.18. The Hall–Kier alpha value is -1.84. The van der Waals surface area contributed by atoms with Gasteiger partial charge in [-0.05, 0) is 19.4 Å². The minimum absolute atomic E-state index is 0. The SMILES string of the molecule is CCNC(=NCCCc1nc(C(C)C)no1)N(C)Cc1ccccc1OC.I. The molecular formula is C20H32IN5O2. The van der Waals surface area contributed by atoms with Gasteiger partial charge in [-0.3, -0.25) is 4.99 Å². The Morgan fingerprint density at radius 1 is 1.32 bits per heavy atom. The number of aromatic nitrogens is 2. The molecule has 0 bridgehead atoms. The van der Waals surface area contributed by atoms with Gasteiger partial charge < -0.3 is 19.5 Å². The molecule has 0 unspecified atom stereocenters. The van der Waals surface area contributed by atoms with Crippen molar-refractivity contribution < 1.29 is 9.26 Å². The molecule has 0 aliphatic carbocycles. The van der Waals surface area contributed by atoms with Gasteiger partial charge in [0, 0.05) is 44.6 Å². The lowest BCUT2D eigenvalue weighted by Crippen LogP contribution is -2.38. The van der Waals surface area contributed by atoms with Gasteiger partial charge in [-0.25, -0.2) is 0 Å². The maximum Gasteiger partial charge on any atom is 0.226 e. The summed E-state index contributed by atoms with van der Waals surface area (Å²) in [4.78, 5) is 11.2. The van der Waals surface area contributed by atoms with E-state index in [9.17, 15) is 0 Å². The van der Waals surface area contributed by atoms with E-state index in [4.69, 9.17) is 14.3 Å². The average Bonchev–Trinajstić information content (AvgIpc) is 3.14. The fourth-order valence-corrected chi connectivity index (χ4v) is 2.65. The molecule has 2 rings (SSSR count). The summed E-state index contributed by atoms with van der Waals surface area (Å²) < 4.78 is 10.7. The predicted molar refractivity (Wildman–Crippen MR) is 123 cm³/mol. The molecule has 0 radical (unpaired) electrons. The minimum Gasteiger partial charge on any atom is -0.496 e. The van der Waals surface area contributed by atoms with Crippen molar-refractivity contribution >= 4 is 29.9 Å². The quantitative estimate of drug-likeness (QED) is 0.244. The van der Waals surface area contributed by atoms with Gasteiger partial charge in [-0.2, -0.15) is 4.98 Å². The van der Waals surface area contributed by atoms with Gasteiger partial charge in [-0.1, -0.05) is 37.2 Å². The zero-order valence-electron chi connectivity index (χ0n) is 17.4. The van der Waals surface area contributed by atoms with E-state index in [1.165, 1.54) is 0 Å². The molecule has 8 heteroatoms. The first-order chi connectivity index (χ1) is 13.0. The number of methoxy groups -OCH3 is 1. The van der Waals surface area contributed by atoms with E-state index in [1.54, 1.807) is 7.11 Å². The summed E-state index contributed by atoms with van der Waals surface area (Å²) in [6.45, 7) is 8.41. The first-order valence-corrected chi connectivity index (χ1v) is 9.49. The highest BCUT2D eigenvalue weighted by atomic mass is 127. The largest absolute Gasteiger partial charge is 0.496 e. The van der Waals surface area contributed by atoms with Crippen molar-refractivity contribution in [1.29, 1.82) is 0 Å². The third-order valence-electron chi connectivity index (χ3n) is 4.11. The number of hydrogen-bond acceptors (Lipinski definition) is 5. The summed E-state index contributed by atoms with van der Waals surface area (Å²) in [5.41, 5.74) is 1.13. The molecule has 0 saturated carbocycles. The van der Waals surface area contributed by atoms with E-state index in [1.807, 2.05) is 25.2 Å². The molecule has 0 amide bonds. The topological polar surface area (TPSA) is 75.8 Å². The van der Waals surface area contributed by atoms with E-state index < -0.39 is 0 Å². The Labute approximate surface area is 185 Å².